The van der Waals surface area contributed by atoms with Crippen LogP contribution in [0.15, 0.2) is 42.6 Å². The Balaban J connectivity index is 1.73. The van der Waals surface area contributed by atoms with Gasteiger partial charge in [-0.15, -0.1) is 11.6 Å². The van der Waals surface area contributed by atoms with Crippen LogP contribution in [0.3, 0.4) is 0 Å². The summed E-state index contributed by atoms with van der Waals surface area (Å²) >= 11 is 6.06. The zero-order valence-electron chi connectivity index (χ0n) is 19.4. The highest BCUT2D eigenvalue weighted by atomic mass is 35.5. The van der Waals surface area contributed by atoms with E-state index in [4.69, 9.17) is 16.3 Å². The predicted molar refractivity (Wildman–Crippen MR) is 131 cm³/mol. The molecule has 0 amide bonds. The normalized spacial score (nSPS) is 12.2. The van der Waals surface area contributed by atoms with Gasteiger partial charge in [-0.2, -0.15) is 0 Å². The average Bonchev–Trinajstić information content (AvgIpc) is 2.78. The minimum absolute atomic E-state index is 0.0340. The molecule has 1 atom stereocenters. The smallest absolute Gasteiger partial charge is 0.329 e. The number of benzene rings is 1. The first kappa shape index (κ1) is 25.4. The average molecular weight is 444 g/mol. The third kappa shape index (κ3) is 9.43. The first-order valence-corrected chi connectivity index (χ1v) is 12.4. The van der Waals surface area contributed by atoms with Crippen molar-refractivity contribution in [3.05, 3.63) is 48.2 Å². The van der Waals surface area contributed by atoms with Gasteiger partial charge in [0.25, 0.3) is 0 Å². The Morgan fingerprint density at radius 1 is 0.903 bits per heavy atom. The van der Waals surface area contributed by atoms with Crippen LogP contribution in [0.4, 0.5) is 0 Å². The van der Waals surface area contributed by atoms with E-state index in [1.54, 1.807) is 12.1 Å². The van der Waals surface area contributed by atoms with Crippen molar-refractivity contribution < 1.29 is 9.53 Å². The molecule has 1 heterocycles. The van der Waals surface area contributed by atoms with E-state index < -0.39 is 11.3 Å². The number of carbonyl (C=O) groups is 1. The molecular formula is C27H38ClNO2. The summed E-state index contributed by atoms with van der Waals surface area (Å²) in [5.41, 5.74) is 3.21. The highest BCUT2D eigenvalue weighted by Crippen LogP contribution is 2.23. The van der Waals surface area contributed by atoms with Crippen LogP contribution >= 0.6 is 11.6 Å². The van der Waals surface area contributed by atoms with Gasteiger partial charge in [-0.3, -0.25) is 9.78 Å². The largest absolute Gasteiger partial charge is 0.425 e. The fourth-order valence-corrected chi connectivity index (χ4v) is 3.57. The highest BCUT2D eigenvalue weighted by molar-refractivity contribution is 6.30. The van der Waals surface area contributed by atoms with Crippen LogP contribution in [0, 0.1) is 5.92 Å². The number of unbranched alkanes of at least 4 members (excludes halogenated alkanes) is 8. The molecule has 0 saturated carbocycles. The summed E-state index contributed by atoms with van der Waals surface area (Å²) < 4.78 is 5.35. The third-order valence-corrected chi connectivity index (χ3v) is 6.25. The topological polar surface area (TPSA) is 39.2 Å². The molecule has 0 aliphatic carbocycles. The molecule has 0 spiro atoms. The van der Waals surface area contributed by atoms with Crippen molar-refractivity contribution in [3.8, 4) is 17.0 Å². The lowest BCUT2D eigenvalue weighted by molar-refractivity contribution is -0.134. The first-order valence-electron chi connectivity index (χ1n) is 11.9. The van der Waals surface area contributed by atoms with E-state index in [1.165, 1.54) is 63.4 Å². The Morgan fingerprint density at radius 3 is 2.06 bits per heavy atom. The fourth-order valence-electron chi connectivity index (χ4n) is 3.52. The maximum atomic E-state index is 12.0. The lowest BCUT2D eigenvalue weighted by Crippen LogP contribution is -2.25. The van der Waals surface area contributed by atoms with Crippen LogP contribution in [-0.2, 0) is 11.2 Å². The fraction of sp³-hybridized carbons (Fsp3) is 0.556. The number of ether oxygens (including phenoxy) is 1. The van der Waals surface area contributed by atoms with E-state index >= 15 is 0 Å². The lowest BCUT2D eigenvalue weighted by atomic mass is 10.0. The number of esters is 1. The van der Waals surface area contributed by atoms with Crippen LogP contribution in [0.5, 0.6) is 5.75 Å². The van der Waals surface area contributed by atoms with Gasteiger partial charge in [0.1, 0.15) is 11.1 Å². The Hall–Kier alpha value is -1.87. The Bertz CT molecular complexity index is 756. The number of carbonyl (C=O) groups excluding carboxylic acids is 1. The molecule has 31 heavy (non-hydrogen) atoms. The maximum Gasteiger partial charge on any atom is 0.329 e. The number of nitrogens with zero attached hydrogens (tertiary/aromatic N) is 1. The van der Waals surface area contributed by atoms with Crippen molar-refractivity contribution in [2.45, 2.75) is 90.4 Å². The van der Waals surface area contributed by atoms with Crippen LogP contribution in [0.25, 0.3) is 11.3 Å². The zero-order chi connectivity index (χ0) is 22.5. The number of rotatable bonds is 14. The quantitative estimate of drug-likeness (QED) is 0.128. The van der Waals surface area contributed by atoms with E-state index in [-0.39, 0.29) is 5.92 Å². The predicted octanol–water partition coefficient (Wildman–Crippen LogP) is 7.99. The van der Waals surface area contributed by atoms with Crippen molar-refractivity contribution in [1.29, 1.82) is 0 Å². The molecule has 0 bridgehead atoms. The first-order chi connectivity index (χ1) is 15.0. The summed E-state index contributed by atoms with van der Waals surface area (Å²) in [6.07, 6.45) is 15.2. The van der Waals surface area contributed by atoms with Crippen LogP contribution in [-0.4, -0.2) is 16.3 Å². The molecule has 0 N–H and O–H groups in total. The van der Waals surface area contributed by atoms with Gasteiger partial charge in [0, 0.05) is 11.8 Å². The third-order valence-electron chi connectivity index (χ3n) is 5.57. The minimum atomic E-state index is -0.639. The van der Waals surface area contributed by atoms with Crippen molar-refractivity contribution >= 4 is 17.6 Å². The number of pyridine rings is 1. The van der Waals surface area contributed by atoms with Crippen LogP contribution < -0.4 is 4.74 Å². The molecule has 0 aliphatic heterocycles. The van der Waals surface area contributed by atoms with E-state index in [0.717, 1.165) is 17.7 Å². The molecule has 0 radical (unpaired) electrons. The van der Waals surface area contributed by atoms with Crippen LogP contribution in [0.2, 0.25) is 0 Å². The molecule has 4 heteroatoms. The lowest BCUT2D eigenvalue weighted by Gasteiger charge is -2.12. The molecule has 2 aromatic rings. The standard InChI is InChI=1S/C27H38ClNO2/c1-4-5-6-7-8-9-10-11-12-13-22-14-19-25(29-20-22)23-15-17-24(18-16-23)31-27(30)26(28)21(2)3/h14-21,26H,4-13H2,1-3H3. The van der Waals surface area contributed by atoms with Crippen molar-refractivity contribution in [3.63, 3.8) is 0 Å². The molecule has 3 nitrogen and oxygen atoms in total. The van der Waals surface area contributed by atoms with E-state index in [1.807, 2.05) is 32.2 Å². The van der Waals surface area contributed by atoms with E-state index in [9.17, 15) is 4.79 Å². The van der Waals surface area contributed by atoms with Gasteiger partial charge in [0.05, 0.1) is 5.69 Å². The molecule has 1 unspecified atom stereocenters. The summed E-state index contributed by atoms with van der Waals surface area (Å²) in [4.78, 5) is 16.6. The Morgan fingerprint density at radius 2 is 1.52 bits per heavy atom. The molecule has 2 rings (SSSR count). The van der Waals surface area contributed by atoms with Crippen molar-refractivity contribution in [1.82, 2.24) is 4.98 Å². The summed E-state index contributed by atoms with van der Waals surface area (Å²) in [6, 6.07) is 11.6. The number of aryl methyl sites for hydroxylation is 1. The number of hydrogen-bond acceptors (Lipinski definition) is 3. The molecule has 170 valence electrons. The van der Waals surface area contributed by atoms with Gasteiger partial charge in [0.15, 0.2) is 0 Å². The number of alkyl halides is 1. The number of hydrogen-bond donors (Lipinski definition) is 0. The van der Waals surface area contributed by atoms with Gasteiger partial charge >= 0.3 is 5.97 Å². The summed E-state index contributed by atoms with van der Waals surface area (Å²) in [7, 11) is 0. The van der Waals surface area contributed by atoms with Gasteiger partial charge in [-0.05, 0) is 54.7 Å². The molecule has 1 aromatic heterocycles. The molecular weight excluding hydrogens is 406 g/mol. The Kier molecular flexibility index (Phi) is 11.7. The summed E-state index contributed by atoms with van der Waals surface area (Å²) in [5, 5.41) is -0.639. The monoisotopic (exact) mass is 443 g/mol. The number of aromatic nitrogens is 1. The minimum Gasteiger partial charge on any atom is -0.425 e. The van der Waals surface area contributed by atoms with Crippen molar-refractivity contribution in [2.24, 2.45) is 5.92 Å². The second-order valence-corrected chi connectivity index (χ2v) is 9.19. The molecule has 0 saturated heterocycles. The van der Waals surface area contributed by atoms with E-state index in [2.05, 4.69) is 24.0 Å². The Labute approximate surface area is 193 Å². The van der Waals surface area contributed by atoms with Gasteiger partial charge < -0.3 is 4.74 Å². The van der Waals surface area contributed by atoms with E-state index in [0.29, 0.717) is 5.75 Å². The number of halogens is 1. The van der Waals surface area contributed by atoms with Crippen molar-refractivity contribution in [2.75, 3.05) is 0 Å². The van der Waals surface area contributed by atoms with Gasteiger partial charge in [0.2, 0.25) is 0 Å². The highest BCUT2D eigenvalue weighted by Gasteiger charge is 2.21. The molecule has 0 aliphatic rings. The molecule has 0 fully saturated rings. The van der Waals surface area contributed by atoms with Crippen LogP contribution in [0.1, 0.15) is 84.1 Å². The zero-order valence-corrected chi connectivity index (χ0v) is 20.2. The second-order valence-electron chi connectivity index (χ2n) is 8.72. The summed E-state index contributed by atoms with van der Waals surface area (Å²) in [6.45, 7) is 6.06. The maximum absolute atomic E-state index is 12.0. The summed E-state index contributed by atoms with van der Waals surface area (Å²) in [5.74, 6) is 0.122. The SMILES string of the molecule is CCCCCCCCCCCc1ccc(-c2ccc(OC(=O)C(Cl)C(C)C)cc2)nc1. The van der Waals surface area contributed by atoms with Gasteiger partial charge in [-0.1, -0.05) is 78.2 Å². The molecule has 1 aromatic carbocycles. The second kappa shape index (κ2) is 14.2. The van der Waals surface area contributed by atoms with Gasteiger partial charge in [-0.25, -0.2) is 0 Å².